The van der Waals surface area contributed by atoms with E-state index in [0.29, 0.717) is 37.4 Å². The van der Waals surface area contributed by atoms with Crippen LogP contribution in [0.2, 0.25) is 0 Å². The van der Waals surface area contributed by atoms with Gasteiger partial charge in [-0.15, -0.1) is 0 Å². The van der Waals surface area contributed by atoms with Crippen LogP contribution >= 0.6 is 0 Å². The third-order valence-corrected chi connectivity index (χ3v) is 3.91. The molecule has 1 amide bonds. The molecule has 7 nitrogen and oxygen atoms in total. The molecule has 1 saturated heterocycles. The van der Waals surface area contributed by atoms with Gasteiger partial charge in [0, 0.05) is 44.8 Å². The van der Waals surface area contributed by atoms with E-state index in [1.165, 1.54) is 6.20 Å². The van der Waals surface area contributed by atoms with Gasteiger partial charge in [-0.1, -0.05) is 0 Å². The van der Waals surface area contributed by atoms with E-state index in [1.807, 2.05) is 4.90 Å². The Kier molecular flexibility index (Phi) is 4.61. The average Bonchev–Trinajstić information content (AvgIpc) is 3.12. The molecule has 0 saturated carbocycles. The molecule has 1 aliphatic heterocycles. The van der Waals surface area contributed by atoms with Gasteiger partial charge >= 0.3 is 0 Å². The van der Waals surface area contributed by atoms with E-state index in [9.17, 15) is 9.18 Å². The van der Waals surface area contributed by atoms with Gasteiger partial charge < -0.3 is 5.32 Å². The fourth-order valence-corrected chi connectivity index (χ4v) is 2.77. The van der Waals surface area contributed by atoms with Crippen LogP contribution in [0.15, 0.2) is 30.9 Å². The zero-order chi connectivity index (χ0) is 16.2. The number of nitrogens with one attached hydrogen (secondary N) is 1. The molecule has 1 aliphatic rings. The second kappa shape index (κ2) is 6.82. The van der Waals surface area contributed by atoms with Gasteiger partial charge in [0.2, 0.25) is 0 Å². The Morgan fingerprint density at radius 2 is 2.22 bits per heavy atom. The van der Waals surface area contributed by atoms with Crippen molar-refractivity contribution in [1.82, 2.24) is 30.0 Å². The minimum absolute atomic E-state index is 0.0607. The predicted molar refractivity (Wildman–Crippen MR) is 81.3 cm³/mol. The number of amides is 1. The molecular weight excluding hydrogens is 299 g/mol. The molecule has 0 bridgehead atoms. The van der Waals surface area contributed by atoms with Crippen LogP contribution < -0.4 is 5.32 Å². The summed E-state index contributed by atoms with van der Waals surface area (Å²) >= 11 is 0. The summed E-state index contributed by atoms with van der Waals surface area (Å²) in [4.78, 5) is 22.4. The Hall–Kier alpha value is -2.35. The standard InChI is InChI=1S/C15H19FN6O/c1-21-8-11(6-20-21)15(23)19-7-13-5-12(16)9-22(13)10-14-17-3-2-4-18-14/h2-4,6,8,12-13H,5,7,9-10H2,1H3,(H,19,23)/t12-,13-/m0/s1. The summed E-state index contributed by atoms with van der Waals surface area (Å²) in [7, 11) is 1.75. The van der Waals surface area contributed by atoms with Crippen LogP contribution in [-0.2, 0) is 13.6 Å². The maximum Gasteiger partial charge on any atom is 0.254 e. The van der Waals surface area contributed by atoms with Gasteiger partial charge in [-0.3, -0.25) is 14.4 Å². The van der Waals surface area contributed by atoms with E-state index in [2.05, 4.69) is 20.4 Å². The highest BCUT2D eigenvalue weighted by atomic mass is 19.1. The Labute approximate surface area is 133 Å². The summed E-state index contributed by atoms with van der Waals surface area (Å²) in [5, 5.41) is 6.82. The van der Waals surface area contributed by atoms with Crippen molar-refractivity contribution in [2.24, 2.45) is 7.05 Å². The quantitative estimate of drug-likeness (QED) is 0.871. The molecule has 1 fully saturated rings. The Morgan fingerprint density at radius 3 is 2.91 bits per heavy atom. The summed E-state index contributed by atoms with van der Waals surface area (Å²) in [6, 6.07) is 1.69. The first-order valence-corrected chi connectivity index (χ1v) is 7.52. The average molecular weight is 318 g/mol. The van der Waals surface area contributed by atoms with Crippen LogP contribution in [0.4, 0.5) is 4.39 Å². The Morgan fingerprint density at radius 1 is 1.43 bits per heavy atom. The second-order valence-corrected chi connectivity index (χ2v) is 5.69. The summed E-state index contributed by atoms with van der Waals surface area (Å²) in [5.41, 5.74) is 0.500. The topological polar surface area (TPSA) is 75.9 Å². The lowest BCUT2D eigenvalue weighted by Crippen LogP contribution is -2.40. The van der Waals surface area contributed by atoms with E-state index < -0.39 is 6.17 Å². The molecule has 3 rings (SSSR count). The van der Waals surface area contributed by atoms with Crippen molar-refractivity contribution in [3.63, 3.8) is 0 Å². The molecule has 2 aromatic rings. The van der Waals surface area contributed by atoms with Gasteiger partial charge in [-0.05, 0) is 12.5 Å². The Bertz CT molecular complexity index is 661. The van der Waals surface area contributed by atoms with Crippen LogP contribution in [0.5, 0.6) is 0 Å². The molecular formula is C15H19FN6O. The van der Waals surface area contributed by atoms with Gasteiger partial charge in [-0.2, -0.15) is 5.10 Å². The lowest BCUT2D eigenvalue weighted by Gasteiger charge is -2.23. The van der Waals surface area contributed by atoms with Crippen LogP contribution in [0.3, 0.4) is 0 Å². The maximum atomic E-state index is 13.8. The van der Waals surface area contributed by atoms with Crippen LogP contribution in [0, 0.1) is 0 Å². The molecule has 3 heterocycles. The van der Waals surface area contributed by atoms with E-state index in [-0.39, 0.29) is 11.9 Å². The normalized spacial score (nSPS) is 21.5. The van der Waals surface area contributed by atoms with E-state index in [4.69, 9.17) is 0 Å². The van der Waals surface area contributed by atoms with Crippen molar-refractivity contribution < 1.29 is 9.18 Å². The largest absolute Gasteiger partial charge is 0.350 e. The van der Waals surface area contributed by atoms with Crippen molar-refractivity contribution in [3.8, 4) is 0 Å². The fraction of sp³-hybridized carbons (Fsp3) is 0.467. The number of carbonyl (C=O) groups is 1. The number of carbonyl (C=O) groups excluding carboxylic acids is 1. The minimum atomic E-state index is -0.890. The zero-order valence-corrected chi connectivity index (χ0v) is 12.9. The SMILES string of the molecule is Cn1cc(C(=O)NC[C@@H]2C[C@H](F)CN2Cc2ncccn2)cn1. The number of likely N-dealkylation sites (tertiary alicyclic amines) is 1. The van der Waals surface area contributed by atoms with E-state index in [1.54, 1.807) is 36.4 Å². The van der Waals surface area contributed by atoms with E-state index >= 15 is 0 Å². The summed E-state index contributed by atoms with van der Waals surface area (Å²) in [6.45, 7) is 1.21. The third kappa shape index (κ3) is 3.89. The molecule has 2 aromatic heterocycles. The molecule has 122 valence electrons. The second-order valence-electron chi connectivity index (χ2n) is 5.69. The van der Waals surface area contributed by atoms with Gasteiger partial charge in [0.15, 0.2) is 0 Å². The monoisotopic (exact) mass is 318 g/mol. The highest BCUT2D eigenvalue weighted by Gasteiger charge is 2.32. The molecule has 23 heavy (non-hydrogen) atoms. The smallest absolute Gasteiger partial charge is 0.254 e. The van der Waals surface area contributed by atoms with Crippen molar-refractivity contribution in [3.05, 3.63) is 42.2 Å². The molecule has 2 atom stereocenters. The number of aromatic nitrogens is 4. The summed E-state index contributed by atoms with van der Waals surface area (Å²) in [5.74, 6) is 0.460. The molecule has 0 spiro atoms. The first-order valence-electron chi connectivity index (χ1n) is 7.52. The first kappa shape index (κ1) is 15.5. The number of alkyl halides is 1. The van der Waals surface area contributed by atoms with Gasteiger partial charge in [0.05, 0.1) is 18.3 Å². The van der Waals surface area contributed by atoms with Crippen molar-refractivity contribution in [1.29, 1.82) is 0 Å². The number of hydrogen-bond acceptors (Lipinski definition) is 5. The molecule has 0 aromatic carbocycles. The molecule has 1 N–H and O–H groups in total. The fourth-order valence-electron chi connectivity index (χ4n) is 2.77. The first-order chi connectivity index (χ1) is 11.1. The number of halogens is 1. The van der Waals surface area contributed by atoms with Crippen LogP contribution in [0.1, 0.15) is 22.6 Å². The summed E-state index contributed by atoms with van der Waals surface area (Å²) in [6.07, 6.45) is 6.02. The molecule has 8 heteroatoms. The van der Waals surface area contributed by atoms with Gasteiger partial charge in [0.25, 0.3) is 5.91 Å². The minimum Gasteiger partial charge on any atom is -0.350 e. The predicted octanol–water partition coefficient (Wildman–Crippen LogP) is 0.552. The molecule has 0 radical (unpaired) electrons. The van der Waals surface area contributed by atoms with Crippen molar-refractivity contribution >= 4 is 5.91 Å². The number of hydrogen-bond donors (Lipinski definition) is 1. The van der Waals surface area contributed by atoms with Crippen LogP contribution in [0.25, 0.3) is 0 Å². The zero-order valence-electron chi connectivity index (χ0n) is 12.9. The van der Waals surface area contributed by atoms with Gasteiger partial charge in [-0.25, -0.2) is 14.4 Å². The Balaban J connectivity index is 1.58. The van der Waals surface area contributed by atoms with Crippen LogP contribution in [-0.4, -0.2) is 55.9 Å². The number of nitrogens with zero attached hydrogens (tertiary/aromatic N) is 5. The molecule has 0 unspecified atom stereocenters. The van der Waals surface area contributed by atoms with E-state index in [0.717, 1.165) is 0 Å². The number of aryl methyl sites for hydroxylation is 1. The maximum absolute atomic E-state index is 13.8. The third-order valence-electron chi connectivity index (χ3n) is 3.91. The van der Waals surface area contributed by atoms with Crippen molar-refractivity contribution in [2.75, 3.05) is 13.1 Å². The molecule has 0 aliphatic carbocycles. The van der Waals surface area contributed by atoms with Gasteiger partial charge in [0.1, 0.15) is 12.0 Å². The highest BCUT2D eigenvalue weighted by Crippen LogP contribution is 2.21. The lowest BCUT2D eigenvalue weighted by atomic mass is 10.2. The summed E-state index contributed by atoms with van der Waals surface area (Å²) < 4.78 is 15.3. The lowest BCUT2D eigenvalue weighted by molar-refractivity contribution is 0.0939. The highest BCUT2D eigenvalue weighted by molar-refractivity contribution is 5.93. The number of rotatable bonds is 5. The van der Waals surface area contributed by atoms with Crippen molar-refractivity contribution in [2.45, 2.75) is 25.2 Å².